The lowest BCUT2D eigenvalue weighted by Gasteiger charge is -1.98. The number of hydrogen-bond donors (Lipinski definition) is 4. The molecule has 13 heavy (non-hydrogen) atoms. The number of nitrogens with two attached hydrogens (primary N) is 3. The van der Waals surface area contributed by atoms with E-state index in [0.29, 0.717) is 0 Å². The number of unbranched alkanes of at least 4 members (excludes halogenated alkanes) is 1. The van der Waals surface area contributed by atoms with Crippen LogP contribution in [0.3, 0.4) is 0 Å². The standard InChI is InChI=1S/C6H14O.3CH5N/c1-3-4-5-6(2)7;3*1-2/h6-7H,3-5H2,1-2H3;3*2H2,1H3. The largest absolute Gasteiger partial charge is 0.393 e. The summed E-state index contributed by atoms with van der Waals surface area (Å²) in [6.07, 6.45) is 3.19. The molecule has 0 fully saturated rings. The van der Waals surface area contributed by atoms with Crippen LogP contribution in [0.15, 0.2) is 0 Å². The van der Waals surface area contributed by atoms with Crippen molar-refractivity contribution >= 4 is 0 Å². The SMILES string of the molecule is CCCCC(C)O.CN.CN.CN. The molecule has 0 rings (SSSR count). The van der Waals surface area contributed by atoms with Crippen LogP contribution in [-0.2, 0) is 0 Å². The van der Waals surface area contributed by atoms with Gasteiger partial charge in [0, 0.05) is 0 Å². The van der Waals surface area contributed by atoms with Crippen molar-refractivity contribution in [3.8, 4) is 0 Å². The lowest BCUT2D eigenvalue weighted by Crippen LogP contribution is -1.97. The first-order valence-corrected chi connectivity index (χ1v) is 4.68. The summed E-state index contributed by atoms with van der Waals surface area (Å²) in [5.41, 5.74) is 13.5. The Bertz CT molecular complexity index is 43.8. The van der Waals surface area contributed by atoms with Crippen molar-refractivity contribution < 1.29 is 5.11 Å². The van der Waals surface area contributed by atoms with E-state index < -0.39 is 0 Å². The molecular formula is C9H29N3O. The van der Waals surface area contributed by atoms with Crippen LogP contribution in [0.5, 0.6) is 0 Å². The molecule has 0 aromatic carbocycles. The monoisotopic (exact) mass is 195 g/mol. The highest BCUT2D eigenvalue weighted by Gasteiger charge is 1.90. The number of aliphatic hydroxyl groups is 1. The molecule has 0 spiro atoms. The molecule has 0 saturated carbocycles. The third-order valence-corrected chi connectivity index (χ3v) is 0.975. The molecule has 1 unspecified atom stereocenters. The molecule has 0 saturated heterocycles. The topological polar surface area (TPSA) is 98.3 Å². The fraction of sp³-hybridized carbons (Fsp3) is 1.00. The third-order valence-electron chi connectivity index (χ3n) is 0.975. The van der Waals surface area contributed by atoms with Crippen molar-refractivity contribution in [3.05, 3.63) is 0 Å². The summed E-state index contributed by atoms with van der Waals surface area (Å²) in [6.45, 7) is 3.96. The minimum atomic E-state index is -0.0973. The van der Waals surface area contributed by atoms with E-state index in [9.17, 15) is 0 Å². The maximum absolute atomic E-state index is 8.68. The van der Waals surface area contributed by atoms with E-state index >= 15 is 0 Å². The normalized spacial score (nSPS) is 9.00. The maximum atomic E-state index is 8.68. The van der Waals surface area contributed by atoms with Gasteiger partial charge in [-0.3, -0.25) is 0 Å². The van der Waals surface area contributed by atoms with Gasteiger partial charge in [0.2, 0.25) is 0 Å². The van der Waals surface area contributed by atoms with Gasteiger partial charge < -0.3 is 22.3 Å². The molecule has 0 bridgehead atoms. The second-order valence-corrected chi connectivity index (χ2v) is 1.99. The van der Waals surface area contributed by atoms with Crippen molar-refractivity contribution in [1.82, 2.24) is 0 Å². The van der Waals surface area contributed by atoms with E-state index in [1.807, 2.05) is 6.92 Å². The van der Waals surface area contributed by atoms with Crippen LogP contribution in [0.25, 0.3) is 0 Å². The average molecular weight is 195 g/mol. The van der Waals surface area contributed by atoms with Crippen molar-refractivity contribution in [3.63, 3.8) is 0 Å². The summed E-state index contributed by atoms with van der Waals surface area (Å²) in [4.78, 5) is 0. The Kier molecular flexibility index (Phi) is 72.3. The van der Waals surface area contributed by atoms with Gasteiger partial charge in [0.15, 0.2) is 0 Å². The lowest BCUT2D eigenvalue weighted by atomic mass is 10.2. The Morgan fingerprint density at radius 2 is 1.31 bits per heavy atom. The van der Waals surface area contributed by atoms with Crippen LogP contribution >= 0.6 is 0 Å². The van der Waals surface area contributed by atoms with E-state index in [1.54, 1.807) is 0 Å². The van der Waals surface area contributed by atoms with Gasteiger partial charge in [0.05, 0.1) is 6.10 Å². The summed E-state index contributed by atoms with van der Waals surface area (Å²) < 4.78 is 0. The Balaban J connectivity index is -0.0000000573. The molecule has 4 nitrogen and oxygen atoms in total. The molecule has 1 atom stereocenters. The van der Waals surface area contributed by atoms with E-state index in [0.717, 1.165) is 12.8 Å². The molecule has 0 amide bonds. The Morgan fingerprint density at radius 3 is 1.38 bits per heavy atom. The molecule has 0 heterocycles. The molecule has 0 aliphatic carbocycles. The van der Waals surface area contributed by atoms with Crippen LogP contribution in [-0.4, -0.2) is 32.4 Å². The lowest BCUT2D eigenvalue weighted by molar-refractivity contribution is 0.181. The Hall–Kier alpha value is -0.160. The molecular weight excluding hydrogens is 166 g/mol. The molecule has 7 N–H and O–H groups in total. The van der Waals surface area contributed by atoms with Gasteiger partial charge in [-0.05, 0) is 34.5 Å². The minimum absolute atomic E-state index is 0.0973. The molecule has 0 aliphatic rings. The smallest absolute Gasteiger partial charge is 0.0512 e. The van der Waals surface area contributed by atoms with Crippen molar-refractivity contribution in [2.45, 2.75) is 39.2 Å². The van der Waals surface area contributed by atoms with E-state index in [2.05, 4.69) is 24.1 Å². The zero-order chi connectivity index (χ0) is 11.7. The molecule has 4 heteroatoms. The number of aliphatic hydroxyl groups excluding tert-OH is 1. The summed E-state index contributed by atoms with van der Waals surface area (Å²) in [5, 5.41) is 8.68. The van der Waals surface area contributed by atoms with Crippen LogP contribution in [0.4, 0.5) is 0 Å². The first kappa shape index (κ1) is 23.0. The van der Waals surface area contributed by atoms with Crippen LogP contribution in [0.1, 0.15) is 33.1 Å². The van der Waals surface area contributed by atoms with Crippen LogP contribution in [0.2, 0.25) is 0 Å². The third kappa shape index (κ3) is 77.7. The number of rotatable bonds is 3. The molecule has 0 aliphatic heterocycles. The van der Waals surface area contributed by atoms with Gasteiger partial charge in [-0.15, -0.1) is 0 Å². The molecule has 0 aromatic rings. The summed E-state index contributed by atoms with van der Waals surface area (Å²) >= 11 is 0. The minimum Gasteiger partial charge on any atom is -0.393 e. The van der Waals surface area contributed by atoms with E-state index in [4.69, 9.17) is 5.11 Å². The van der Waals surface area contributed by atoms with Crippen molar-refractivity contribution in [2.24, 2.45) is 17.2 Å². The predicted octanol–water partition coefficient (Wildman–Crippen LogP) is 0.282. The Labute approximate surface area is 83.5 Å². The average Bonchev–Trinajstić information content (AvgIpc) is 2.24. The van der Waals surface area contributed by atoms with E-state index in [-0.39, 0.29) is 6.10 Å². The van der Waals surface area contributed by atoms with Crippen molar-refractivity contribution in [2.75, 3.05) is 21.1 Å². The summed E-state index contributed by atoms with van der Waals surface area (Å²) in [7, 11) is 4.50. The second kappa shape index (κ2) is 40.8. The molecule has 0 aromatic heterocycles. The van der Waals surface area contributed by atoms with Gasteiger partial charge in [-0.2, -0.15) is 0 Å². The fourth-order valence-corrected chi connectivity index (χ4v) is 0.500. The predicted molar refractivity (Wildman–Crippen MR) is 61.5 cm³/mol. The highest BCUT2D eigenvalue weighted by Crippen LogP contribution is 1.97. The Morgan fingerprint density at radius 1 is 1.00 bits per heavy atom. The highest BCUT2D eigenvalue weighted by atomic mass is 16.3. The van der Waals surface area contributed by atoms with Gasteiger partial charge in [-0.1, -0.05) is 19.8 Å². The van der Waals surface area contributed by atoms with Gasteiger partial charge in [-0.25, -0.2) is 0 Å². The van der Waals surface area contributed by atoms with E-state index in [1.165, 1.54) is 27.6 Å². The van der Waals surface area contributed by atoms with Crippen LogP contribution < -0.4 is 17.2 Å². The summed E-state index contributed by atoms with van der Waals surface area (Å²) in [5.74, 6) is 0. The first-order chi connectivity index (χ1) is 6.27. The van der Waals surface area contributed by atoms with Crippen molar-refractivity contribution in [1.29, 1.82) is 0 Å². The molecule has 86 valence electrons. The quantitative estimate of drug-likeness (QED) is 0.520. The second-order valence-electron chi connectivity index (χ2n) is 1.99. The fourth-order valence-electron chi connectivity index (χ4n) is 0.500. The number of hydrogen-bond acceptors (Lipinski definition) is 4. The maximum Gasteiger partial charge on any atom is 0.0512 e. The van der Waals surface area contributed by atoms with Crippen LogP contribution in [0, 0.1) is 0 Å². The highest BCUT2D eigenvalue weighted by molar-refractivity contribution is 4.43. The first-order valence-electron chi connectivity index (χ1n) is 4.68. The zero-order valence-corrected chi connectivity index (χ0v) is 9.88. The van der Waals surface area contributed by atoms with Gasteiger partial charge >= 0.3 is 0 Å². The van der Waals surface area contributed by atoms with Gasteiger partial charge in [0.1, 0.15) is 0 Å². The van der Waals surface area contributed by atoms with Gasteiger partial charge in [0.25, 0.3) is 0 Å². The molecule has 0 radical (unpaired) electrons. The zero-order valence-electron chi connectivity index (χ0n) is 9.88. The summed E-state index contributed by atoms with van der Waals surface area (Å²) in [6, 6.07) is 0.